The van der Waals surface area contributed by atoms with Crippen LogP contribution in [0.15, 0.2) is 0 Å². The normalized spacial score (nSPS) is 23.6. The monoisotopic (exact) mass is 313 g/mol. The lowest BCUT2D eigenvalue weighted by molar-refractivity contribution is -0.130. The van der Waals surface area contributed by atoms with Crippen LogP contribution in [-0.2, 0) is 9.53 Å². The SMILES string of the molecule is CNCCC(=O)N1CCC(N2CCOCC2)C1.Cl.Cl. The van der Waals surface area contributed by atoms with Crippen molar-refractivity contribution in [3.8, 4) is 0 Å². The first-order valence-corrected chi connectivity index (χ1v) is 6.55. The Labute approximate surface area is 127 Å². The minimum Gasteiger partial charge on any atom is -0.379 e. The Morgan fingerprint density at radius 1 is 1.26 bits per heavy atom. The first kappa shape index (κ1) is 18.9. The van der Waals surface area contributed by atoms with Gasteiger partial charge in [0, 0.05) is 45.2 Å². The zero-order chi connectivity index (χ0) is 12.1. The minimum absolute atomic E-state index is 0. The smallest absolute Gasteiger partial charge is 0.223 e. The average molecular weight is 314 g/mol. The average Bonchev–Trinajstić information content (AvgIpc) is 2.86. The van der Waals surface area contributed by atoms with Crippen LogP contribution in [0.3, 0.4) is 0 Å². The molecule has 1 unspecified atom stereocenters. The third kappa shape index (κ3) is 5.44. The van der Waals surface area contributed by atoms with Gasteiger partial charge in [0.05, 0.1) is 13.2 Å². The number of rotatable bonds is 4. The lowest BCUT2D eigenvalue weighted by Gasteiger charge is -2.32. The number of hydrogen-bond donors (Lipinski definition) is 1. The van der Waals surface area contributed by atoms with E-state index in [-0.39, 0.29) is 30.7 Å². The molecule has 2 heterocycles. The van der Waals surface area contributed by atoms with Crippen molar-refractivity contribution in [3.63, 3.8) is 0 Å². The molecular formula is C12H25Cl2N3O2. The van der Waals surface area contributed by atoms with Crippen LogP contribution in [0, 0.1) is 0 Å². The second-order valence-electron chi connectivity index (χ2n) is 4.78. The van der Waals surface area contributed by atoms with Gasteiger partial charge in [0.1, 0.15) is 0 Å². The molecule has 0 radical (unpaired) electrons. The Kier molecular flexibility index (Phi) is 9.74. The summed E-state index contributed by atoms with van der Waals surface area (Å²) in [6, 6.07) is 0.553. The Hall–Kier alpha value is -0.0700. The van der Waals surface area contributed by atoms with Gasteiger partial charge in [0.15, 0.2) is 0 Å². The number of ether oxygens (including phenoxy) is 1. The van der Waals surface area contributed by atoms with Crippen molar-refractivity contribution in [2.75, 3.05) is 53.0 Å². The summed E-state index contributed by atoms with van der Waals surface area (Å²) in [5, 5.41) is 3.02. The van der Waals surface area contributed by atoms with Crippen molar-refractivity contribution >= 4 is 30.7 Å². The van der Waals surface area contributed by atoms with E-state index in [0.29, 0.717) is 12.5 Å². The number of morpholine rings is 1. The maximum Gasteiger partial charge on any atom is 0.223 e. The van der Waals surface area contributed by atoms with Crippen LogP contribution >= 0.6 is 24.8 Å². The third-order valence-electron chi connectivity index (χ3n) is 3.67. The highest BCUT2D eigenvalue weighted by Gasteiger charge is 2.30. The molecular weight excluding hydrogens is 289 g/mol. The maximum atomic E-state index is 11.9. The van der Waals surface area contributed by atoms with E-state index in [4.69, 9.17) is 4.74 Å². The van der Waals surface area contributed by atoms with Crippen molar-refractivity contribution in [1.82, 2.24) is 15.1 Å². The van der Waals surface area contributed by atoms with E-state index < -0.39 is 0 Å². The van der Waals surface area contributed by atoms with E-state index in [1.54, 1.807) is 0 Å². The zero-order valence-corrected chi connectivity index (χ0v) is 13.1. The molecule has 2 aliphatic rings. The molecule has 0 spiro atoms. The van der Waals surface area contributed by atoms with Crippen molar-refractivity contribution in [2.45, 2.75) is 18.9 Å². The summed E-state index contributed by atoms with van der Waals surface area (Å²) in [6.45, 7) is 6.31. The van der Waals surface area contributed by atoms with Crippen LogP contribution in [0.25, 0.3) is 0 Å². The highest BCUT2D eigenvalue weighted by molar-refractivity contribution is 5.85. The molecule has 2 rings (SSSR count). The summed E-state index contributed by atoms with van der Waals surface area (Å²) < 4.78 is 5.36. The van der Waals surface area contributed by atoms with Crippen LogP contribution in [0.5, 0.6) is 0 Å². The van der Waals surface area contributed by atoms with Gasteiger partial charge in [0.25, 0.3) is 0 Å². The van der Waals surface area contributed by atoms with Gasteiger partial charge in [-0.2, -0.15) is 0 Å². The Morgan fingerprint density at radius 2 is 1.95 bits per heavy atom. The van der Waals surface area contributed by atoms with Gasteiger partial charge in [-0.05, 0) is 13.5 Å². The van der Waals surface area contributed by atoms with E-state index in [1.807, 2.05) is 11.9 Å². The van der Waals surface area contributed by atoms with E-state index in [9.17, 15) is 4.79 Å². The molecule has 114 valence electrons. The summed E-state index contributed by atoms with van der Waals surface area (Å²) in [4.78, 5) is 16.4. The number of carbonyl (C=O) groups excluding carboxylic acids is 1. The second-order valence-corrected chi connectivity index (χ2v) is 4.78. The highest BCUT2D eigenvalue weighted by Crippen LogP contribution is 2.17. The van der Waals surface area contributed by atoms with Gasteiger partial charge in [-0.25, -0.2) is 0 Å². The fourth-order valence-electron chi connectivity index (χ4n) is 2.60. The number of nitrogens with zero attached hydrogens (tertiary/aromatic N) is 2. The zero-order valence-electron chi connectivity index (χ0n) is 11.5. The quantitative estimate of drug-likeness (QED) is 0.814. The van der Waals surface area contributed by atoms with Crippen LogP contribution in [-0.4, -0.2) is 74.7 Å². The fourth-order valence-corrected chi connectivity index (χ4v) is 2.60. The van der Waals surface area contributed by atoms with Crippen LogP contribution < -0.4 is 5.32 Å². The first-order valence-electron chi connectivity index (χ1n) is 6.55. The second kappa shape index (κ2) is 9.77. The van der Waals surface area contributed by atoms with Crippen LogP contribution in [0.2, 0.25) is 0 Å². The fraction of sp³-hybridized carbons (Fsp3) is 0.917. The van der Waals surface area contributed by atoms with Gasteiger partial charge in [-0.1, -0.05) is 0 Å². The first-order chi connectivity index (χ1) is 8.31. The molecule has 1 N–H and O–H groups in total. The topological polar surface area (TPSA) is 44.8 Å². The van der Waals surface area contributed by atoms with Gasteiger partial charge in [-0.15, -0.1) is 24.8 Å². The molecule has 2 fully saturated rings. The van der Waals surface area contributed by atoms with Gasteiger partial charge in [0.2, 0.25) is 5.91 Å². The predicted octanol–water partition coefficient (Wildman–Crippen LogP) is 0.373. The van der Waals surface area contributed by atoms with Gasteiger partial charge < -0.3 is 15.0 Å². The van der Waals surface area contributed by atoms with Gasteiger partial charge in [-0.3, -0.25) is 9.69 Å². The molecule has 0 saturated carbocycles. The number of likely N-dealkylation sites (tertiary alicyclic amines) is 1. The molecule has 1 atom stereocenters. The minimum atomic E-state index is 0. The Bertz CT molecular complexity index is 263. The summed E-state index contributed by atoms with van der Waals surface area (Å²) in [5.41, 5.74) is 0. The Morgan fingerprint density at radius 3 is 2.58 bits per heavy atom. The molecule has 0 bridgehead atoms. The van der Waals surface area contributed by atoms with E-state index in [0.717, 1.165) is 52.4 Å². The summed E-state index contributed by atoms with van der Waals surface area (Å²) >= 11 is 0. The molecule has 0 aromatic carbocycles. The van der Waals surface area contributed by atoms with Crippen molar-refractivity contribution in [1.29, 1.82) is 0 Å². The summed E-state index contributed by atoms with van der Waals surface area (Å²) in [7, 11) is 1.88. The summed E-state index contributed by atoms with van der Waals surface area (Å²) in [5.74, 6) is 0.287. The Balaban J connectivity index is 0.00000162. The van der Waals surface area contributed by atoms with E-state index in [2.05, 4.69) is 10.2 Å². The molecule has 1 amide bonds. The molecule has 7 heteroatoms. The number of hydrogen-bond acceptors (Lipinski definition) is 4. The van der Waals surface area contributed by atoms with Crippen LogP contribution in [0.4, 0.5) is 0 Å². The standard InChI is InChI=1S/C12H23N3O2.2ClH/c1-13-4-2-12(16)15-5-3-11(10-15)14-6-8-17-9-7-14;;/h11,13H,2-10H2,1H3;2*1H. The van der Waals surface area contributed by atoms with E-state index in [1.165, 1.54) is 0 Å². The predicted molar refractivity (Wildman–Crippen MR) is 80.4 cm³/mol. The van der Waals surface area contributed by atoms with Crippen molar-refractivity contribution in [2.24, 2.45) is 0 Å². The molecule has 2 aliphatic heterocycles. The molecule has 19 heavy (non-hydrogen) atoms. The number of nitrogens with one attached hydrogen (secondary N) is 1. The lowest BCUT2D eigenvalue weighted by atomic mass is 10.2. The lowest BCUT2D eigenvalue weighted by Crippen LogP contribution is -2.45. The highest BCUT2D eigenvalue weighted by atomic mass is 35.5. The maximum absolute atomic E-state index is 11.9. The number of carbonyl (C=O) groups is 1. The number of amides is 1. The summed E-state index contributed by atoms with van der Waals surface area (Å²) in [6.07, 6.45) is 1.73. The molecule has 0 aliphatic carbocycles. The van der Waals surface area contributed by atoms with Crippen LogP contribution in [0.1, 0.15) is 12.8 Å². The molecule has 5 nitrogen and oxygen atoms in total. The number of halogens is 2. The van der Waals surface area contributed by atoms with E-state index >= 15 is 0 Å². The van der Waals surface area contributed by atoms with Crippen molar-refractivity contribution < 1.29 is 9.53 Å². The third-order valence-corrected chi connectivity index (χ3v) is 3.67. The van der Waals surface area contributed by atoms with Gasteiger partial charge >= 0.3 is 0 Å². The largest absolute Gasteiger partial charge is 0.379 e. The molecule has 0 aromatic heterocycles. The molecule has 0 aromatic rings. The van der Waals surface area contributed by atoms with Crippen molar-refractivity contribution in [3.05, 3.63) is 0 Å². The molecule has 2 saturated heterocycles.